The molecule has 0 amide bonds. The molecule has 0 fully saturated rings. The number of pyridine rings is 1. The Bertz CT molecular complexity index is 268. The molecular formula is C10H16N2OS. The highest BCUT2D eigenvalue weighted by molar-refractivity contribution is 7.78. The second kappa shape index (κ2) is 5.34. The van der Waals surface area contributed by atoms with E-state index in [1.807, 2.05) is 25.3 Å². The van der Waals surface area contributed by atoms with Gasteiger partial charge in [0.05, 0.1) is 5.54 Å². The lowest BCUT2D eigenvalue weighted by atomic mass is 9.90. The molecule has 0 radical (unpaired) electrons. The predicted molar refractivity (Wildman–Crippen MR) is 60.0 cm³/mol. The highest BCUT2D eigenvalue weighted by atomic mass is 32.1. The normalized spacial score (nSPS) is 15.1. The average Bonchev–Trinajstić information content (AvgIpc) is 2.27. The fourth-order valence-corrected chi connectivity index (χ4v) is 1.63. The lowest BCUT2D eigenvalue weighted by molar-refractivity contribution is 0.261. The molecule has 0 saturated heterocycles. The Morgan fingerprint density at radius 2 is 2.43 bits per heavy atom. The summed E-state index contributed by atoms with van der Waals surface area (Å²) < 4.78 is 2.97. The number of rotatable bonds is 5. The molecule has 1 unspecified atom stereocenters. The number of aromatic nitrogens is 1. The maximum absolute atomic E-state index is 8.80. The van der Waals surface area contributed by atoms with Gasteiger partial charge in [0, 0.05) is 19.0 Å². The minimum absolute atomic E-state index is 0.200. The first-order valence-corrected chi connectivity index (χ1v) is 5.10. The van der Waals surface area contributed by atoms with Crippen LogP contribution in [0.3, 0.4) is 0 Å². The summed E-state index contributed by atoms with van der Waals surface area (Å²) in [6, 6.07) is 3.91. The van der Waals surface area contributed by atoms with Crippen molar-refractivity contribution < 1.29 is 5.11 Å². The maximum Gasteiger partial charge on any atom is 0.0516 e. The lowest BCUT2D eigenvalue weighted by Crippen LogP contribution is -2.33. The molecule has 0 spiro atoms. The number of hydrogen-bond donors (Lipinski definition) is 3. The van der Waals surface area contributed by atoms with Gasteiger partial charge in [-0.25, -0.2) is 0 Å². The van der Waals surface area contributed by atoms with Crippen LogP contribution in [0.5, 0.6) is 0 Å². The third-order valence-corrected chi connectivity index (χ3v) is 2.87. The van der Waals surface area contributed by atoms with Crippen LogP contribution < -0.4 is 4.72 Å². The Kier molecular flexibility index (Phi) is 4.38. The van der Waals surface area contributed by atoms with E-state index in [0.29, 0.717) is 0 Å². The lowest BCUT2D eigenvalue weighted by Gasteiger charge is -2.28. The van der Waals surface area contributed by atoms with Gasteiger partial charge in [0.1, 0.15) is 0 Å². The summed E-state index contributed by atoms with van der Waals surface area (Å²) in [5.41, 5.74) is 0.864. The smallest absolute Gasteiger partial charge is 0.0516 e. The topological polar surface area (TPSA) is 45.1 Å². The average molecular weight is 212 g/mol. The monoisotopic (exact) mass is 212 g/mol. The highest BCUT2D eigenvalue weighted by Crippen LogP contribution is 2.25. The van der Waals surface area contributed by atoms with Crippen molar-refractivity contribution in [1.82, 2.24) is 9.71 Å². The SMILES string of the molecule is CC(CCCO)(NS)c1cccnc1. The molecule has 0 aliphatic heterocycles. The summed E-state index contributed by atoms with van der Waals surface area (Å²) >= 11 is 4.13. The van der Waals surface area contributed by atoms with Gasteiger partial charge in [0.15, 0.2) is 0 Å². The number of aliphatic hydroxyl groups excluding tert-OH is 1. The first-order chi connectivity index (χ1) is 6.73. The van der Waals surface area contributed by atoms with E-state index in [1.165, 1.54) is 0 Å². The minimum Gasteiger partial charge on any atom is -0.396 e. The van der Waals surface area contributed by atoms with Crippen LogP contribution in [0, 0.1) is 0 Å². The van der Waals surface area contributed by atoms with Gasteiger partial charge in [0.2, 0.25) is 0 Å². The standard InChI is InChI=1S/C10H16N2OS/c1-10(12-14,5-3-7-13)9-4-2-6-11-8-9/h2,4,6,8,12-14H,3,5,7H2,1H3. The Labute approximate surface area is 90.1 Å². The number of nitrogens with one attached hydrogen (secondary N) is 1. The molecule has 1 aromatic heterocycles. The van der Waals surface area contributed by atoms with E-state index in [-0.39, 0.29) is 12.1 Å². The maximum atomic E-state index is 8.80. The fraction of sp³-hybridized carbons (Fsp3) is 0.500. The summed E-state index contributed by atoms with van der Waals surface area (Å²) in [4.78, 5) is 4.07. The second-order valence-corrected chi connectivity index (χ2v) is 3.74. The van der Waals surface area contributed by atoms with Gasteiger partial charge in [-0.3, -0.25) is 9.71 Å². The second-order valence-electron chi connectivity index (χ2n) is 3.51. The molecule has 2 N–H and O–H groups in total. The van der Waals surface area contributed by atoms with Gasteiger partial charge in [-0.1, -0.05) is 18.9 Å². The minimum atomic E-state index is -0.222. The van der Waals surface area contributed by atoms with E-state index in [2.05, 4.69) is 22.5 Å². The predicted octanol–water partition coefficient (Wildman–Crippen LogP) is 1.50. The zero-order valence-electron chi connectivity index (χ0n) is 8.27. The Morgan fingerprint density at radius 1 is 1.64 bits per heavy atom. The van der Waals surface area contributed by atoms with E-state index in [1.54, 1.807) is 6.20 Å². The van der Waals surface area contributed by atoms with Crippen LogP contribution in [0.25, 0.3) is 0 Å². The van der Waals surface area contributed by atoms with Crippen LogP contribution in [0.2, 0.25) is 0 Å². The third kappa shape index (κ3) is 2.70. The summed E-state index contributed by atoms with van der Waals surface area (Å²) in [6.45, 7) is 2.25. The highest BCUT2D eigenvalue weighted by Gasteiger charge is 2.24. The zero-order valence-corrected chi connectivity index (χ0v) is 9.17. The van der Waals surface area contributed by atoms with Crippen molar-refractivity contribution in [2.45, 2.75) is 25.3 Å². The molecule has 14 heavy (non-hydrogen) atoms. The van der Waals surface area contributed by atoms with E-state index in [0.717, 1.165) is 18.4 Å². The molecule has 4 heteroatoms. The molecule has 1 aromatic rings. The van der Waals surface area contributed by atoms with Gasteiger partial charge in [-0.05, 0) is 31.4 Å². The van der Waals surface area contributed by atoms with Crippen LogP contribution in [0.1, 0.15) is 25.3 Å². The van der Waals surface area contributed by atoms with Crippen LogP contribution in [0.15, 0.2) is 24.5 Å². The Hall–Kier alpha value is -0.580. The molecule has 0 saturated carbocycles. The number of hydrogen-bond acceptors (Lipinski definition) is 4. The van der Waals surface area contributed by atoms with E-state index in [9.17, 15) is 0 Å². The first kappa shape index (κ1) is 11.5. The molecule has 1 atom stereocenters. The Balaban J connectivity index is 2.79. The van der Waals surface area contributed by atoms with Gasteiger partial charge < -0.3 is 5.11 Å². The van der Waals surface area contributed by atoms with Crippen molar-refractivity contribution in [2.24, 2.45) is 0 Å². The number of thiol groups is 1. The van der Waals surface area contributed by atoms with Crippen LogP contribution in [-0.2, 0) is 5.54 Å². The van der Waals surface area contributed by atoms with Crippen molar-refractivity contribution in [3.8, 4) is 0 Å². The number of nitrogens with zero attached hydrogens (tertiary/aromatic N) is 1. The van der Waals surface area contributed by atoms with Crippen LogP contribution >= 0.6 is 12.8 Å². The molecule has 1 heterocycles. The van der Waals surface area contributed by atoms with Gasteiger partial charge in [-0.15, -0.1) is 0 Å². The van der Waals surface area contributed by atoms with E-state index in [4.69, 9.17) is 5.11 Å². The third-order valence-electron chi connectivity index (χ3n) is 2.38. The van der Waals surface area contributed by atoms with Crippen LogP contribution in [-0.4, -0.2) is 16.7 Å². The summed E-state index contributed by atoms with van der Waals surface area (Å²) in [7, 11) is 0. The molecule has 0 aliphatic rings. The molecule has 1 rings (SSSR count). The summed E-state index contributed by atoms with van der Waals surface area (Å²) in [6.07, 6.45) is 5.15. The molecule has 0 aliphatic carbocycles. The van der Waals surface area contributed by atoms with E-state index < -0.39 is 0 Å². The molecular weight excluding hydrogens is 196 g/mol. The molecule has 0 aromatic carbocycles. The van der Waals surface area contributed by atoms with Crippen molar-refractivity contribution in [3.63, 3.8) is 0 Å². The van der Waals surface area contributed by atoms with Crippen LogP contribution in [0.4, 0.5) is 0 Å². The number of aliphatic hydroxyl groups is 1. The van der Waals surface area contributed by atoms with Crippen molar-refractivity contribution in [3.05, 3.63) is 30.1 Å². The Morgan fingerprint density at radius 3 is 2.93 bits per heavy atom. The van der Waals surface area contributed by atoms with Gasteiger partial charge in [-0.2, -0.15) is 0 Å². The van der Waals surface area contributed by atoms with Gasteiger partial charge >= 0.3 is 0 Å². The fourth-order valence-electron chi connectivity index (χ4n) is 1.39. The molecule has 3 nitrogen and oxygen atoms in total. The van der Waals surface area contributed by atoms with E-state index >= 15 is 0 Å². The van der Waals surface area contributed by atoms with Crippen molar-refractivity contribution in [1.29, 1.82) is 0 Å². The quantitative estimate of drug-likeness (QED) is 0.648. The summed E-state index contributed by atoms with van der Waals surface area (Å²) in [5.74, 6) is 0. The van der Waals surface area contributed by atoms with Crippen molar-refractivity contribution >= 4 is 12.8 Å². The van der Waals surface area contributed by atoms with Gasteiger partial charge in [0.25, 0.3) is 0 Å². The molecule has 78 valence electrons. The molecule has 0 bridgehead atoms. The zero-order chi connectivity index (χ0) is 10.4. The largest absolute Gasteiger partial charge is 0.396 e. The first-order valence-electron chi connectivity index (χ1n) is 4.65. The summed E-state index contributed by atoms with van der Waals surface area (Å²) in [5, 5.41) is 8.80. The van der Waals surface area contributed by atoms with Crippen molar-refractivity contribution in [2.75, 3.05) is 6.61 Å².